The van der Waals surface area contributed by atoms with Crippen molar-refractivity contribution in [3.05, 3.63) is 0 Å². The lowest BCUT2D eigenvalue weighted by Crippen LogP contribution is -2.34. The van der Waals surface area contributed by atoms with E-state index < -0.39 is 9.84 Å². The highest BCUT2D eigenvalue weighted by Crippen LogP contribution is 2.40. The van der Waals surface area contributed by atoms with Gasteiger partial charge in [0.15, 0.2) is 0 Å². The minimum absolute atomic E-state index is 0.107. The van der Waals surface area contributed by atoms with Gasteiger partial charge in [-0.15, -0.1) is 0 Å². The summed E-state index contributed by atoms with van der Waals surface area (Å²) in [5, 5.41) is -0.221. The van der Waals surface area contributed by atoms with Crippen LogP contribution < -0.4 is 5.73 Å². The first-order valence-electron chi connectivity index (χ1n) is 5.40. The second kappa shape index (κ2) is 4.80. The molecule has 1 rings (SSSR count). The Balaban J connectivity index is 2.65. The van der Waals surface area contributed by atoms with E-state index >= 15 is 0 Å². The minimum atomic E-state index is -2.92. The summed E-state index contributed by atoms with van der Waals surface area (Å²) >= 11 is 0. The van der Waals surface area contributed by atoms with Crippen molar-refractivity contribution in [3.8, 4) is 0 Å². The molecule has 0 unspecified atom stereocenters. The largest absolute Gasteiger partial charge is 0.381 e. The quantitative estimate of drug-likeness (QED) is 0.756. The van der Waals surface area contributed by atoms with Crippen LogP contribution in [0.5, 0.6) is 0 Å². The second-order valence-corrected chi connectivity index (χ2v) is 6.86. The Morgan fingerprint density at radius 1 is 1.53 bits per heavy atom. The van der Waals surface area contributed by atoms with E-state index in [4.69, 9.17) is 10.5 Å². The summed E-state index contributed by atoms with van der Waals surface area (Å²) in [6.07, 6.45) is 3.55. The van der Waals surface area contributed by atoms with Gasteiger partial charge in [-0.1, -0.05) is 0 Å². The van der Waals surface area contributed by atoms with E-state index in [0.717, 1.165) is 12.8 Å². The van der Waals surface area contributed by atoms with Gasteiger partial charge in [-0.05, 0) is 26.2 Å². The Labute approximate surface area is 92.1 Å². The molecule has 1 aliphatic carbocycles. The summed E-state index contributed by atoms with van der Waals surface area (Å²) in [5.41, 5.74) is 5.63. The maximum atomic E-state index is 11.4. The minimum Gasteiger partial charge on any atom is -0.381 e. The second-order valence-electron chi connectivity index (χ2n) is 4.54. The monoisotopic (exact) mass is 235 g/mol. The lowest BCUT2D eigenvalue weighted by Gasteiger charge is -2.26. The molecule has 15 heavy (non-hydrogen) atoms. The number of sulfone groups is 1. The van der Waals surface area contributed by atoms with Gasteiger partial charge in [0.25, 0.3) is 0 Å². The van der Waals surface area contributed by atoms with Gasteiger partial charge in [0.1, 0.15) is 9.84 Å². The third-order valence-electron chi connectivity index (χ3n) is 3.31. The Kier molecular flexibility index (Phi) is 4.14. The summed E-state index contributed by atoms with van der Waals surface area (Å²) in [7, 11) is -2.92. The van der Waals surface area contributed by atoms with Crippen LogP contribution in [0.2, 0.25) is 0 Å². The molecule has 4 nitrogen and oxygen atoms in total. The van der Waals surface area contributed by atoms with Crippen LogP contribution in [-0.2, 0) is 14.6 Å². The van der Waals surface area contributed by atoms with Crippen molar-refractivity contribution in [2.24, 2.45) is 11.1 Å². The van der Waals surface area contributed by atoms with Gasteiger partial charge in [0.05, 0.1) is 11.9 Å². The maximum absolute atomic E-state index is 11.4. The third-order valence-corrected chi connectivity index (χ3v) is 4.92. The summed E-state index contributed by atoms with van der Waals surface area (Å²) in [5.74, 6) is 0. The first-order chi connectivity index (χ1) is 6.93. The lowest BCUT2D eigenvalue weighted by molar-refractivity contribution is 0.0589. The summed E-state index contributed by atoms with van der Waals surface area (Å²) < 4.78 is 28.3. The van der Waals surface area contributed by atoms with Crippen molar-refractivity contribution < 1.29 is 13.2 Å². The molecular formula is C10H21NO3S. The predicted octanol–water partition coefficient (Wildman–Crippen LogP) is 0.565. The molecule has 0 aromatic rings. The highest BCUT2D eigenvalue weighted by molar-refractivity contribution is 7.91. The Morgan fingerprint density at radius 3 is 2.60 bits per heavy atom. The maximum Gasteiger partial charge on any atom is 0.150 e. The fourth-order valence-corrected chi connectivity index (χ4v) is 3.42. The first-order valence-corrected chi connectivity index (χ1v) is 7.36. The van der Waals surface area contributed by atoms with Crippen LogP contribution in [0.25, 0.3) is 0 Å². The van der Waals surface area contributed by atoms with Gasteiger partial charge >= 0.3 is 0 Å². The molecule has 0 spiro atoms. The van der Waals surface area contributed by atoms with Crippen LogP contribution in [-0.4, -0.2) is 39.7 Å². The fraction of sp³-hybridized carbons (Fsp3) is 1.00. The van der Waals surface area contributed by atoms with Gasteiger partial charge in [-0.3, -0.25) is 0 Å². The van der Waals surface area contributed by atoms with E-state index in [2.05, 4.69) is 0 Å². The number of hydrogen-bond donors (Lipinski definition) is 1. The standard InChI is InChI=1S/C10H21NO3S/c1-3-14-8-10(7-11)5-4-9(6-10)15(2,12)13/h9H,3-8,11H2,1-2H3/t9-,10+/m1/s1. The molecule has 90 valence electrons. The number of rotatable bonds is 5. The van der Waals surface area contributed by atoms with Gasteiger partial charge in [-0.25, -0.2) is 8.42 Å². The molecular weight excluding hydrogens is 214 g/mol. The molecule has 0 amide bonds. The van der Waals surface area contributed by atoms with Crippen LogP contribution in [0.1, 0.15) is 26.2 Å². The summed E-state index contributed by atoms with van der Waals surface area (Å²) in [4.78, 5) is 0. The average molecular weight is 235 g/mol. The predicted molar refractivity (Wildman–Crippen MR) is 60.5 cm³/mol. The highest BCUT2D eigenvalue weighted by Gasteiger charge is 2.42. The van der Waals surface area contributed by atoms with E-state index in [9.17, 15) is 8.42 Å². The number of hydrogen-bond acceptors (Lipinski definition) is 4. The van der Waals surface area contributed by atoms with Crippen molar-refractivity contribution in [1.29, 1.82) is 0 Å². The summed E-state index contributed by atoms with van der Waals surface area (Å²) in [6.45, 7) is 3.70. The lowest BCUT2D eigenvalue weighted by atomic mass is 9.87. The molecule has 0 heterocycles. The summed E-state index contributed by atoms with van der Waals surface area (Å²) in [6, 6.07) is 0. The number of nitrogens with two attached hydrogens (primary N) is 1. The zero-order valence-electron chi connectivity index (χ0n) is 9.53. The molecule has 1 saturated carbocycles. The first kappa shape index (κ1) is 12.9. The van der Waals surface area contributed by atoms with E-state index in [0.29, 0.717) is 26.2 Å². The Hall–Kier alpha value is -0.130. The average Bonchev–Trinajstić information content (AvgIpc) is 2.59. The molecule has 0 bridgehead atoms. The molecule has 2 N–H and O–H groups in total. The zero-order chi connectivity index (χ0) is 11.5. The zero-order valence-corrected chi connectivity index (χ0v) is 10.3. The Morgan fingerprint density at radius 2 is 2.20 bits per heavy atom. The van der Waals surface area contributed by atoms with E-state index in [1.807, 2.05) is 6.92 Å². The SMILES string of the molecule is CCOC[C@@]1(CN)CC[C@@H](S(C)(=O)=O)C1. The molecule has 0 saturated heterocycles. The van der Waals surface area contributed by atoms with Crippen molar-refractivity contribution in [2.75, 3.05) is 26.0 Å². The van der Waals surface area contributed by atoms with E-state index in [1.54, 1.807) is 0 Å². The van der Waals surface area contributed by atoms with E-state index in [-0.39, 0.29) is 10.7 Å². The van der Waals surface area contributed by atoms with Gasteiger partial charge in [-0.2, -0.15) is 0 Å². The van der Waals surface area contributed by atoms with Crippen molar-refractivity contribution in [2.45, 2.75) is 31.4 Å². The van der Waals surface area contributed by atoms with Crippen molar-refractivity contribution in [3.63, 3.8) is 0 Å². The van der Waals surface area contributed by atoms with Crippen LogP contribution in [0, 0.1) is 5.41 Å². The van der Waals surface area contributed by atoms with Crippen molar-refractivity contribution >= 4 is 9.84 Å². The van der Waals surface area contributed by atoms with Gasteiger partial charge in [0, 0.05) is 24.8 Å². The molecule has 0 aromatic carbocycles. The topological polar surface area (TPSA) is 69.4 Å². The van der Waals surface area contributed by atoms with Gasteiger partial charge < -0.3 is 10.5 Å². The smallest absolute Gasteiger partial charge is 0.150 e. The normalized spacial score (nSPS) is 32.1. The van der Waals surface area contributed by atoms with E-state index in [1.165, 1.54) is 6.26 Å². The van der Waals surface area contributed by atoms with Crippen LogP contribution in [0.4, 0.5) is 0 Å². The highest BCUT2D eigenvalue weighted by atomic mass is 32.2. The fourth-order valence-electron chi connectivity index (χ4n) is 2.21. The molecule has 0 radical (unpaired) electrons. The molecule has 0 aliphatic heterocycles. The molecule has 0 aromatic heterocycles. The van der Waals surface area contributed by atoms with Gasteiger partial charge in [0.2, 0.25) is 0 Å². The van der Waals surface area contributed by atoms with Crippen molar-refractivity contribution in [1.82, 2.24) is 0 Å². The molecule has 1 fully saturated rings. The van der Waals surface area contributed by atoms with Crippen LogP contribution in [0.15, 0.2) is 0 Å². The van der Waals surface area contributed by atoms with Crippen LogP contribution >= 0.6 is 0 Å². The molecule has 1 aliphatic rings. The van der Waals surface area contributed by atoms with Crippen LogP contribution in [0.3, 0.4) is 0 Å². The molecule has 2 atom stereocenters. The molecule has 5 heteroatoms. The number of ether oxygens (including phenoxy) is 1. The third kappa shape index (κ3) is 3.16. The Bertz CT molecular complexity index is 302.